The van der Waals surface area contributed by atoms with E-state index in [1.165, 1.54) is 6.07 Å². The maximum atomic E-state index is 11.5. The Bertz CT molecular complexity index is 776. The molecule has 7 heteroatoms. The molecule has 0 spiro atoms. The minimum atomic E-state index is -3.85. The smallest absolute Gasteiger partial charge is 0.238 e. The van der Waals surface area contributed by atoms with Crippen molar-refractivity contribution >= 4 is 27.3 Å². The number of benzene rings is 2. The number of primary sulfonamides is 1. The summed E-state index contributed by atoms with van der Waals surface area (Å²) < 4.78 is 28.7. The molecule has 0 aliphatic carbocycles. The molecule has 0 saturated heterocycles. The van der Waals surface area contributed by atoms with Crippen LogP contribution in [0.3, 0.4) is 0 Å². The lowest BCUT2D eigenvalue weighted by Gasteiger charge is -2.13. The highest BCUT2D eigenvalue weighted by atomic mass is 35.5. The van der Waals surface area contributed by atoms with Crippen molar-refractivity contribution in [2.75, 3.05) is 5.73 Å². The third kappa shape index (κ3) is 3.87. The van der Waals surface area contributed by atoms with Crippen molar-refractivity contribution in [1.82, 2.24) is 0 Å². The predicted molar refractivity (Wildman–Crippen MR) is 82.7 cm³/mol. The lowest BCUT2D eigenvalue weighted by molar-refractivity contribution is 0.303. The Morgan fingerprint density at radius 1 is 1.24 bits per heavy atom. The number of nitrogen functional groups attached to an aromatic ring is 1. The predicted octanol–water partition coefficient (Wildman–Crippen LogP) is 2.46. The highest BCUT2D eigenvalue weighted by molar-refractivity contribution is 7.89. The fraction of sp³-hybridized carbons (Fsp3) is 0.143. The highest BCUT2D eigenvalue weighted by Crippen LogP contribution is 2.28. The SMILES string of the molecule is Cc1c(OCc2cccc(Cl)c2)cc(N)cc1S(N)(=O)=O. The second-order valence-electron chi connectivity index (χ2n) is 4.61. The number of hydrogen-bond acceptors (Lipinski definition) is 4. The van der Waals surface area contributed by atoms with Gasteiger partial charge in [-0.05, 0) is 30.7 Å². The largest absolute Gasteiger partial charge is 0.489 e. The van der Waals surface area contributed by atoms with Gasteiger partial charge in [-0.3, -0.25) is 0 Å². The van der Waals surface area contributed by atoms with Gasteiger partial charge in [0.15, 0.2) is 0 Å². The van der Waals surface area contributed by atoms with Crippen LogP contribution >= 0.6 is 11.6 Å². The Hall–Kier alpha value is -1.76. The van der Waals surface area contributed by atoms with Gasteiger partial charge in [-0.2, -0.15) is 0 Å². The normalized spacial score (nSPS) is 11.4. The Labute approximate surface area is 128 Å². The van der Waals surface area contributed by atoms with Crippen LogP contribution in [0.25, 0.3) is 0 Å². The first-order chi connectivity index (χ1) is 9.77. The van der Waals surface area contributed by atoms with Crippen molar-refractivity contribution < 1.29 is 13.2 Å². The zero-order valence-electron chi connectivity index (χ0n) is 11.3. The van der Waals surface area contributed by atoms with E-state index >= 15 is 0 Å². The monoisotopic (exact) mass is 326 g/mol. The third-order valence-electron chi connectivity index (χ3n) is 2.92. The van der Waals surface area contributed by atoms with Crippen LogP contribution in [-0.2, 0) is 16.6 Å². The number of ether oxygens (including phenoxy) is 1. The zero-order chi connectivity index (χ0) is 15.6. The molecule has 0 unspecified atom stereocenters. The summed E-state index contributed by atoms with van der Waals surface area (Å²) in [5, 5.41) is 5.77. The van der Waals surface area contributed by atoms with E-state index < -0.39 is 10.0 Å². The molecule has 2 aromatic rings. The van der Waals surface area contributed by atoms with E-state index in [2.05, 4.69) is 0 Å². The third-order valence-corrected chi connectivity index (χ3v) is 4.20. The van der Waals surface area contributed by atoms with Gasteiger partial charge < -0.3 is 10.5 Å². The van der Waals surface area contributed by atoms with E-state index in [0.29, 0.717) is 16.3 Å². The number of sulfonamides is 1. The number of hydrogen-bond donors (Lipinski definition) is 2. The Morgan fingerprint density at radius 3 is 2.57 bits per heavy atom. The highest BCUT2D eigenvalue weighted by Gasteiger charge is 2.16. The molecule has 2 rings (SSSR count). The summed E-state index contributed by atoms with van der Waals surface area (Å²) >= 11 is 5.90. The minimum Gasteiger partial charge on any atom is -0.489 e. The van der Waals surface area contributed by atoms with Gasteiger partial charge in [0.1, 0.15) is 12.4 Å². The van der Waals surface area contributed by atoms with Gasteiger partial charge in [-0.25, -0.2) is 13.6 Å². The number of nitrogens with two attached hydrogens (primary N) is 2. The van der Waals surface area contributed by atoms with Gasteiger partial charge in [0.2, 0.25) is 10.0 Å². The molecule has 0 aromatic heterocycles. The van der Waals surface area contributed by atoms with Crippen molar-refractivity contribution in [3.63, 3.8) is 0 Å². The van der Waals surface area contributed by atoms with Crippen molar-refractivity contribution in [1.29, 1.82) is 0 Å². The lowest BCUT2D eigenvalue weighted by Crippen LogP contribution is -2.14. The second kappa shape index (κ2) is 5.93. The van der Waals surface area contributed by atoms with Gasteiger partial charge in [-0.15, -0.1) is 0 Å². The average molecular weight is 327 g/mol. The van der Waals surface area contributed by atoms with Crippen LogP contribution in [-0.4, -0.2) is 8.42 Å². The molecular weight excluding hydrogens is 312 g/mol. The Kier molecular flexibility index (Phi) is 4.41. The topological polar surface area (TPSA) is 95.4 Å². The molecule has 0 radical (unpaired) electrons. The van der Waals surface area contributed by atoms with Crippen LogP contribution in [0.5, 0.6) is 5.75 Å². The van der Waals surface area contributed by atoms with Crippen molar-refractivity contribution in [3.8, 4) is 5.75 Å². The number of halogens is 1. The van der Waals surface area contributed by atoms with E-state index in [-0.39, 0.29) is 17.2 Å². The van der Waals surface area contributed by atoms with Crippen molar-refractivity contribution in [2.24, 2.45) is 5.14 Å². The van der Waals surface area contributed by atoms with Crippen LogP contribution in [0, 0.1) is 6.92 Å². The average Bonchev–Trinajstić information content (AvgIpc) is 2.38. The van der Waals surface area contributed by atoms with Gasteiger partial charge in [0, 0.05) is 22.3 Å². The summed E-state index contributed by atoms with van der Waals surface area (Å²) in [4.78, 5) is -0.0383. The van der Waals surface area contributed by atoms with Gasteiger partial charge in [-0.1, -0.05) is 23.7 Å². The van der Waals surface area contributed by atoms with E-state index in [1.807, 2.05) is 12.1 Å². The van der Waals surface area contributed by atoms with E-state index in [0.717, 1.165) is 5.56 Å². The fourth-order valence-corrected chi connectivity index (χ4v) is 2.96. The molecule has 0 saturated carbocycles. The van der Waals surface area contributed by atoms with Gasteiger partial charge >= 0.3 is 0 Å². The lowest BCUT2D eigenvalue weighted by atomic mass is 10.2. The molecule has 4 N–H and O–H groups in total. The molecule has 0 heterocycles. The summed E-state index contributed by atoms with van der Waals surface area (Å²) in [5.74, 6) is 0.374. The zero-order valence-corrected chi connectivity index (χ0v) is 12.9. The maximum absolute atomic E-state index is 11.5. The Balaban J connectivity index is 2.31. The second-order valence-corrected chi connectivity index (χ2v) is 6.57. The summed E-state index contributed by atoms with van der Waals surface area (Å²) in [6.45, 7) is 1.86. The summed E-state index contributed by atoms with van der Waals surface area (Å²) in [5.41, 5.74) is 7.25. The van der Waals surface area contributed by atoms with Gasteiger partial charge in [0.25, 0.3) is 0 Å². The van der Waals surface area contributed by atoms with E-state index in [4.69, 9.17) is 27.2 Å². The molecular formula is C14H15ClN2O3S. The van der Waals surface area contributed by atoms with Crippen molar-refractivity contribution in [3.05, 3.63) is 52.5 Å². The van der Waals surface area contributed by atoms with Crippen LogP contribution in [0.4, 0.5) is 5.69 Å². The van der Waals surface area contributed by atoms with Crippen LogP contribution in [0.2, 0.25) is 5.02 Å². The molecule has 21 heavy (non-hydrogen) atoms. The molecule has 0 aliphatic rings. The molecule has 0 aliphatic heterocycles. The van der Waals surface area contributed by atoms with E-state index in [9.17, 15) is 8.42 Å². The molecule has 5 nitrogen and oxygen atoms in total. The molecule has 0 amide bonds. The summed E-state index contributed by atoms with van der Waals surface area (Å²) in [6, 6.07) is 10.1. The fourth-order valence-electron chi connectivity index (χ4n) is 1.92. The number of anilines is 1. The molecule has 2 aromatic carbocycles. The molecule has 112 valence electrons. The van der Waals surface area contributed by atoms with Crippen LogP contribution in [0.15, 0.2) is 41.3 Å². The molecule has 0 fully saturated rings. The molecule has 0 bridgehead atoms. The van der Waals surface area contributed by atoms with Crippen LogP contribution in [0.1, 0.15) is 11.1 Å². The first-order valence-electron chi connectivity index (χ1n) is 6.07. The van der Waals surface area contributed by atoms with Crippen LogP contribution < -0.4 is 15.6 Å². The maximum Gasteiger partial charge on any atom is 0.238 e. The number of rotatable bonds is 4. The first kappa shape index (κ1) is 15.6. The Morgan fingerprint density at radius 2 is 1.95 bits per heavy atom. The summed E-state index contributed by atoms with van der Waals surface area (Å²) in [6.07, 6.45) is 0. The van der Waals surface area contributed by atoms with E-state index in [1.54, 1.807) is 25.1 Å². The standard InChI is InChI=1S/C14H15ClN2O3S/c1-9-13(6-12(16)7-14(9)21(17,18)19)20-8-10-3-2-4-11(15)5-10/h2-7H,8,16H2,1H3,(H2,17,18,19). The minimum absolute atomic E-state index is 0.0383. The quantitative estimate of drug-likeness (QED) is 0.843. The summed E-state index contributed by atoms with van der Waals surface area (Å²) in [7, 11) is -3.85. The molecule has 0 atom stereocenters. The van der Waals surface area contributed by atoms with Crippen molar-refractivity contribution in [2.45, 2.75) is 18.4 Å². The first-order valence-corrected chi connectivity index (χ1v) is 8.00. The van der Waals surface area contributed by atoms with Gasteiger partial charge in [0.05, 0.1) is 4.90 Å².